The Bertz CT molecular complexity index is 1240. The Balaban J connectivity index is 1.40. The van der Waals surface area contributed by atoms with E-state index in [9.17, 15) is 9.59 Å². The third kappa shape index (κ3) is 6.02. The zero-order chi connectivity index (χ0) is 23.0. The minimum Gasteiger partial charge on any atom is -0.487 e. The molecule has 0 bridgehead atoms. The molecule has 33 heavy (non-hydrogen) atoms. The molecule has 166 valence electrons. The van der Waals surface area contributed by atoms with E-state index in [1.54, 1.807) is 48.2 Å². The molecule has 0 saturated heterocycles. The lowest BCUT2D eigenvalue weighted by Crippen LogP contribution is -2.16. The van der Waals surface area contributed by atoms with Crippen LogP contribution in [0.1, 0.15) is 26.4 Å². The maximum Gasteiger partial charge on any atom is 0.269 e. The molecule has 7 nitrogen and oxygen atoms in total. The van der Waals surface area contributed by atoms with Crippen molar-refractivity contribution in [2.24, 2.45) is 0 Å². The number of thiophene rings is 1. The molecule has 0 aliphatic heterocycles. The number of carbonyl (C=O) groups excluding carboxylic acids is 2. The minimum absolute atomic E-state index is 0.161. The number of benzene rings is 1. The summed E-state index contributed by atoms with van der Waals surface area (Å²) in [4.78, 5) is 33.9. The average molecular weight is 459 g/mol. The van der Waals surface area contributed by atoms with E-state index >= 15 is 0 Å². The number of aromatic nitrogens is 2. The third-order valence-corrected chi connectivity index (χ3v) is 5.68. The average Bonchev–Trinajstić information content (AvgIpc) is 3.29. The SMILES string of the molecule is Cc1ccc(NC(=O)Cc2ccccc2COc2ccsc2C(=O)Nc2cccnc2)nc1. The lowest BCUT2D eigenvalue weighted by molar-refractivity contribution is -0.115. The highest BCUT2D eigenvalue weighted by molar-refractivity contribution is 7.12. The van der Waals surface area contributed by atoms with Crippen LogP contribution in [-0.2, 0) is 17.8 Å². The van der Waals surface area contributed by atoms with Crippen LogP contribution in [0.3, 0.4) is 0 Å². The molecule has 1 aromatic carbocycles. The highest BCUT2D eigenvalue weighted by Crippen LogP contribution is 2.27. The summed E-state index contributed by atoms with van der Waals surface area (Å²) in [5.74, 6) is 0.587. The Morgan fingerprint density at radius 3 is 2.58 bits per heavy atom. The first kappa shape index (κ1) is 22.2. The number of nitrogens with zero attached hydrogens (tertiary/aromatic N) is 2. The van der Waals surface area contributed by atoms with Gasteiger partial charge in [-0.3, -0.25) is 14.6 Å². The summed E-state index contributed by atoms with van der Waals surface area (Å²) in [5.41, 5.74) is 3.35. The van der Waals surface area contributed by atoms with Gasteiger partial charge in [-0.25, -0.2) is 4.98 Å². The summed E-state index contributed by atoms with van der Waals surface area (Å²) in [5, 5.41) is 7.44. The van der Waals surface area contributed by atoms with Crippen LogP contribution in [-0.4, -0.2) is 21.8 Å². The minimum atomic E-state index is -0.258. The van der Waals surface area contributed by atoms with Crippen molar-refractivity contribution < 1.29 is 14.3 Å². The van der Waals surface area contributed by atoms with E-state index in [1.165, 1.54) is 11.3 Å². The highest BCUT2D eigenvalue weighted by atomic mass is 32.1. The van der Waals surface area contributed by atoms with Crippen LogP contribution in [0.4, 0.5) is 11.5 Å². The van der Waals surface area contributed by atoms with Crippen LogP contribution in [0.15, 0.2) is 78.6 Å². The van der Waals surface area contributed by atoms with E-state index in [2.05, 4.69) is 20.6 Å². The molecule has 4 rings (SSSR count). The van der Waals surface area contributed by atoms with E-state index in [1.807, 2.05) is 37.3 Å². The topological polar surface area (TPSA) is 93.2 Å². The first-order valence-corrected chi connectivity index (χ1v) is 11.2. The number of amides is 2. The maximum absolute atomic E-state index is 12.6. The van der Waals surface area contributed by atoms with Crippen molar-refractivity contribution in [3.05, 3.63) is 100 Å². The van der Waals surface area contributed by atoms with Gasteiger partial charge in [0.15, 0.2) is 0 Å². The molecule has 3 heterocycles. The highest BCUT2D eigenvalue weighted by Gasteiger charge is 2.16. The van der Waals surface area contributed by atoms with Crippen LogP contribution in [0, 0.1) is 6.92 Å². The number of carbonyl (C=O) groups is 2. The number of pyridine rings is 2. The van der Waals surface area contributed by atoms with E-state index in [0.717, 1.165) is 16.7 Å². The molecule has 0 saturated carbocycles. The predicted molar refractivity (Wildman–Crippen MR) is 129 cm³/mol. The molecule has 2 N–H and O–H groups in total. The van der Waals surface area contributed by atoms with Crippen LogP contribution in [0.5, 0.6) is 5.75 Å². The van der Waals surface area contributed by atoms with Gasteiger partial charge >= 0.3 is 0 Å². The van der Waals surface area contributed by atoms with Crippen LogP contribution >= 0.6 is 11.3 Å². The molecule has 2 amide bonds. The number of nitrogens with one attached hydrogen (secondary N) is 2. The van der Waals surface area contributed by atoms with E-state index in [4.69, 9.17) is 4.74 Å². The Kier molecular flexibility index (Phi) is 7.06. The maximum atomic E-state index is 12.6. The quantitative estimate of drug-likeness (QED) is 0.393. The smallest absolute Gasteiger partial charge is 0.269 e. The van der Waals surface area contributed by atoms with Crippen molar-refractivity contribution in [1.29, 1.82) is 0 Å². The fourth-order valence-corrected chi connectivity index (χ4v) is 3.86. The van der Waals surface area contributed by atoms with Crippen molar-refractivity contribution in [1.82, 2.24) is 9.97 Å². The van der Waals surface area contributed by atoms with Crippen molar-refractivity contribution in [3.8, 4) is 5.75 Å². The van der Waals surface area contributed by atoms with Gasteiger partial charge in [-0.2, -0.15) is 0 Å². The van der Waals surface area contributed by atoms with E-state index < -0.39 is 0 Å². The summed E-state index contributed by atoms with van der Waals surface area (Å²) in [6, 6.07) is 16.5. The van der Waals surface area contributed by atoms with Crippen molar-refractivity contribution in [2.75, 3.05) is 10.6 Å². The number of aryl methyl sites for hydroxylation is 1. The Morgan fingerprint density at radius 1 is 0.970 bits per heavy atom. The van der Waals surface area contributed by atoms with Crippen molar-refractivity contribution >= 4 is 34.7 Å². The van der Waals surface area contributed by atoms with Gasteiger partial charge in [-0.1, -0.05) is 30.3 Å². The fourth-order valence-electron chi connectivity index (χ4n) is 3.13. The fraction of sp³-hybridized carbons (Fsp3) is 0.120. The van der Waals surface area contributed by atoms with Gasteiger partial charge in [-0.05, 0) is 53.3 Å². The second-order valence-corrected chi connectivity index (χ2v) is 8.23. The molecular formula is C25H22N4O3S. The first-order chi connectivity index (χ1) is 16.1. The second kappa shape index (κ2) is 10.5. The van der Waals surface area contributed by atoms with Gasteiger partial charge < -0.3 is 15.4 Å². The van der Waals surface area contributed by atoms with Crippen molar-refractivity contribution in [3.63, 3.8) is 0 Å². The lowest BCUT2D eigenvalue weighted by Gasteiger charge is -2.12. The summed E-state index contributed by atoms with van der Waals surface area (Å²) in [7, 11) is 0. The number of anilines is 2. The van der Waals surface area contributed by atoms with Gasteiger partial charge in [0.05, 0.1) is 18.3 Å². The molecule has 0 spiro atoms. The molecule has 0 aliphatic carbocycles. The molecule has 0 radical (unpaired) electrons. The molecule has 0 aliphatic rings. The van der Waals surface area contributed by atoms with E-state index in [-0.39, 0.29) is 24.8 Å². The number of ether oxygens (including phenoxy) is 1. The molecule has 8 heteroatoms. The van der Waals surface area contributed by atoms with Gasteiger partial charge in [0.2, 0.25) is 5.91 Å². The second-order valence-electron chi connectivity index (χ2n) is 7.31. The largest absolute Gasteiger partial charge is 0.487 e. The number of hydrogen-bond donors (Lipinski definition) is 2. The summed E-state index contributed by atoms with van der Waals surface area (Å²) in [6.07, 6.45) is 5.12. The molecule has 0 fully saturated rings. The van der Waals surface area contributed by atoms with Crippen molar-refractivity contribution in [2.45, 2.75) is 20.0 Å². The van der Waals surface area contributed by atoms with Gasteiger partial charge in [0.1, 0.15) is 23.1 Å². The standard InChI is InChI=1S/C25H22N4O3S/c1-17-8-9-22(27-14-17)29-23(30)13-18-5-2-3-6-19(18)16-32-21-10-12-33-24(21)25(31)28-20-7-4-11-26-15-20/h2-12,14-15H,13,16H2,1H3,(H,28,31)(H,27,29,30). The molecule has 0 unspecified atom stereocenters. The Morgan fingerprint density at radius 2 is 1.82 bits per heavy atom. The van der Waals surface area contributed by atoms with Gasteiger partial charge in [0.25, 0.3) is 5.91 Å². The molecule has 4 aromatic rings. The van der Waals surface area contributed by atoms with Crippen LogP contribution < -0.4 is 15.4 Å². The third-order valence-electron chi connectivity index (χ3n) is 4.79. The molecular weight excluding hydrogens is 436 g/mol. The Labute approximate surface area is 195 Å². The number of rotatable bonds is 8. The summed E-state index contributed by atoms with van der Waals surface area (Å²) < 4.78 is 5.97. The van der Waals surface area contributed by atoms with Crippen LogP contribution in [0.25, 0.3) is 0 Å². The first-order valence-electron chi connectivity index (χ1n) is 10.3. The lowest BCUT2D eigenvalue weighted by atomic mass is 10.0. The Hall–Kier alpha value is -4.04. The summed E-state index contributed by atoms with van der Waals surface area (Å²) in [6.45, 7) is 2.17. The van der Waals surface area contributed by atoms with Gasteiger partial charge in [0, 0.05) is 12.4 Å². The van der Waals surface area contributed by atoms with E-state index in [0.29, 0.717) is 22.1 Å². The predicted octanol–water partition coefficient (Wildman–Crippen LogP) is 4.86. The van der Waals surface area contributed by atoms with Gasteiger partial charge in [-0.15, -0.1) is 11.3 Å². The zero-order valence-electron chi connectivity index (χ0n) is 17.9. The summed E-state index contributed by atoms with van der Waals surface area (Å²) >= 11 is 1.30. The zero-order valence-corrected chi connectivity index (χ0v) is 18.8. The molecule has 0 atom stereocenters. The number of hydrogen-bond acceptors (Lipinski definition) is 6. The normalized spacial score (nSPS) is 10.5. The van der Waals surface area contributed by atoms with Crippen LogP contribution in [0.2, 0.25) is 0 Å². The monoisotopic (exact) mass is 458 g/mol. The molecule has 3 aromatic heterocycles.